The second-order valence-corrected chi connectivity index (χ2v) is 5.66. The van der Waals surface area contributed by atoms with Crippen molar-refractivity contribution in [1.29, 1.82) is 0 Å². The molecule has 0 spiro atoms. The van der Waals surface area contributed by atoms with Gasteiger partial charge < -0.3 is 15.2 Å². The van der Waals surface area contributed by atoms with Crippen LogP contribution in [0, 0.1) is 0 Å². The fraction of sp³-hybridized carbons (Fsp3) is 0.200. The quantitative estimate of drug-likeness (QED) is 0.845. The molecule has 0 saturated heterocycles. The summed E-state index contributed by atoms with van der Waals surface area (Å²) in [6.45, 7) is 1.88. The first-order chi connectivity index (χ1) is 9.52. The molecule has 0 saturated carbocycles. The van der Waals surface area contributed by atoms with Crippen LogP contribution in [-0.2, 0) is 0 Å². The Morgan fingerprint density at radius 3 is 2.45 bits per heavy atom. The van der Waals surface area contributed by atoms with Crippen LogP contribution in [0.15, 0.2) is 40.9 Å². The van der Waals surface area contributed by atoms with Gasteiger partial charge in [-0.3, -0.25) is 0 Å². The van der Waals surface area contributed by atoms with Crippen molar-refractivity contribution in [2.75, 3.05) is 7.11 Å². The van der Waals surface area contributed by atoms with Crippen LogP contribution >= 0.6 is 27.5 Å². The minimum absolute atomic E-state index is 0.213. The Hall–Kier alpha value is -1.23. The number of nitrogens with two attached hydrogens (primary N) is 1. The Morgan fingerprint density at radius 1 is 1.15 bits per heavy atom. The van der Waals surface area contributed by atoms with Crippen molar-refractivity contribution in [3.8, 4) is 17.2 Å². The molecule has 106 valence electrons. The van der Waals surface area contributed by atoms with Gasteiger partial charge in [-0.15, -0.1) is 0 Å². The number of methoxy groups -OCH3 is 1. The number of hydrogen-bond donors (Lipinski definition) is 1. The molecule has 3 nitrogen and oxygen atoms in total. The van der Waals surface area contributed by atoms with Crippen LogP contribution < -0.4 is 15.2 Å². The van der Waals surface area contributed by atoms with Crippen LogP contribution in [0.2, 0.25) is 5.02 Å². The SMILES string of the molecule is COc1cccc(Oc2ccc(Br)cc2Cl)c1C(C)N. The van der Waals surface area contributed by atoms with Gasteiger partial charge in [-0.05, 0) is 37.3 Å². The molecule has 1 unspecified atom stereocenters. The first-order valence-corrected chi connectivity index (χ1v) is 7.25. The molecule has 0 amide bonds. The Morgan fingerprint density at radius 2 is 1.85 bits per heavy atom. The smallest absolute Gasteiger partial charge is 0.146 e. The fourth-order valence-electron chi connectivity index (χ4n) is 1.92. The lowest BCUT2D eigenvalue weighted by Gasteiger charge is -2.17. The summed E-state index contributed by atoms with van der Waals surface area (Å²) in [6.07, 6.45) is 0. The monoisotopic (exact) mass is 355 g/mol. The summed E-state index contributed by atoms with van der Waals surface area (Å²) in [6, 6.07) is 10.8. The van der Waals surface area contributed by atoms with Crippen LogP contribution in [0.3, 0.4) is 0 Å². The molecule has 0 aliphatic rings. The van der Waals surface area contributed by atoms with E-state index in [4.69, 9.17) is 26.8 Å². The zero-order valence-electron chi connectivity index (χ0n) is 11.2. The minimum atomic E-state index is -0.213. The summed E-state index contributed by atoms with van der Waals surface area (Å²) in [4.78, 5) is 0. The van der Waals surface area contributed by atoms with Crippen molar-refractivity contribution < 1.29 is 9.47 Å². The standard InChI is InChI=1S/C15H15BrClNO2/c1-9(18)15-13(19-2)4-3-5-14(15)20-12-7-6-10(16)8-11(12)17/h3-9H,18H2,1-2H3. The summed E-state index contributed by atoms with van der Waals surface area (Å²) in [5.74, 6) is 1.92. The van der Waals surface area contributed by atoms with Crippen LogP contribution in [0.4, 0.5) is 0 Å². The van der Waals surface area contributed by atoms with Gasteiger partial charge in [0, 0.05) is 10.5 Å². The minimum Gasteiger partial charge on any atom is -0.496 e. The highest BCUT2D eigenvalue weighted by atomic mass is 79.9. The predicted molar refractivity (Wildman–Crippen MR) is 84.8 cm³/mol. The summed E-state index contributed by atoms with van der Waals surface area (Å²) in [5, 5.41) is 0.526. The summed E-state index contributed by atoms with van der Waals surface area (Å²) >= 11 is 9.53. The van der Waals surface area contributed by atoms with Crippen molar-refractivity contribution in [1.82, 2.24) is 0 Å². The molecule has 2 rings (SSSR count). The highest BCUT2D eigenvalue weighted by Crippen LogP contribution is 2.38. The molecule has 0 aromatic heterocycles. The summed E-state index contributed by atoms with van der Waals surface area (Å²) in [5.41, 5.74) is 6.82. The predicted octanol–water partition coefficient (Wildman–Crippen LogP) is 4.92. The van der Waals surface area contributed by atoms with Crippen molar-refractivity contribution in [2.24, 2.45) is 5.73 Å². The average molecular weight is 357 g/mol. The van der Waals surface area contributed by atoms with E-state index < -0.39 is 0 Å². The van der Waals surface area contributed by atoms with E-state index in [1.807, 2.05) is 31.2 Å². The molecule has 0 heterocycles. The Bertz CT molecular complexity index is 617. The van der Waals surface area contributed by atoms with Gasteiger partial charge in [0.05, 0.1) is 17.7 Å². The highest BCUT2D eigenvalue weighted by Gasteiger charge is 2.15. The van der Waals surface area contributed by atoms with E-state index in [0.29, 0.717) is 22.3 Å². The van der Waals surface area contributed by atoms with E-state index in [1.54, 1.807) is 19.2 Å². The second-order valence-electron chi connectivity index (χ2n) is 4.34. The summed E-state index contributed by atoms with van der Waals surface area (Å²) < 4.78 is 12.1. The molecule has 0 radical (unpaired) electrons. The van der Waals surface area contributed by atoms with Crippen molar-refractivity contribution in [3.63, 3.8) is 0 Å². The molecule has 0 bridgehead atoms. The lowest BCUT2D eigenvalue weighted by molar-refractivity contribution is 0.397. The van der Waals surface area contributed by atoms with E-state index in [1.165, 1.54) is 0 Å². The van der Waals surface area contributed by atoms with Gasteiger partial charge in [-0.25, -0.2) is 0 Å². The van der Waals surface area contributed by atoms with E-state index in [-0.39, 0.29) is 6.04 Å². The topological polar surface area (TPSA) is 44.5 Å². The normalized spacial score (nSPS) is 12.1. The molecule has 20 heavy (non-hydrogen) atoms. The van der Waals surface area contributed by atoms with Gasteiger partial charge in [-0.2, -0.15) is 0 Å². The Labute approximate surface area is 131 Å². The molecule has 0 aliphatic heterocycles. The zero-order chi connectivity index (χ0) is 14.7. The number of rotatable bonds is 4. The van der Waals surface area contributed by atoms with Gasteiger partial charge in [0.1, 0.15) is 17.2 Å². The van der Waals surface area contributed by atoms with E-state index in [0.717, 1.165) is 10.0 Å². The van der Waals surface area contributed by atoms with Gasteiger partial charge >= 0.3 is 0 Å². The van der Waals surface area contributed by atoms with Gasteiger partial charge in [0.15, 0.2) is 0 Å². The van der Waals surface area contributed by atoms with Crippen LogP contribution in [0.1, 0.15) is 18.5 Å². The third-order valence-electron chi connectivity index (χ3n) is 2.82. The maximum atomic E-state index is 6.17. The second kappa shape index (κ2) is 6.48. The number of halogens is 2. The molecular weight excluding hydrogens is 342 g/mol. The van der Waals surface area contributed by atoms with Gasteiger partial charge in [0.25, 0.3) is 0 Å². The Balaban J connectivity index is 2.43. The number of hydrogen-bond acceptors (Lipinski definition) is 3. The maximum Gasteiger partial charge on any atom is 0.146 e. The van der Waals surface area contributed by atoms with E-state index in [9.17, 15) is 0 Å². The number of ether oxygens (including phenoxy) is 2. The maximum absolute atomic E-state index is 6.17. The van der Waals surface area contributed by atoms with Gasteiger partial charge in [0.2, 0.25) is 0 Å². The van der Waals surface area contributed by atoms with Crippen LogP contribution in [0.25, 0.3) is 0 Å². The van der Waals surface area contributed by atoms with Crippen molar-refractivity contribution in [2.45, 2.75) is 13.0 Å². The highest BCUT2D eigenvalue weighted by molar-refractivity contribution is 9.10. The average Bonchev–Trinajstić information content (AvgIpc) is 2.41. The molecule has 2 N–H and O–H groups in total. The Kier molecular flexibility index (Phi) is 4.91. The van der Waals surface area contributed by atoms with Gasteiger partial charge in [-0.1, -0.05) is 33.6 Å². The lowest BCUT2D eigenvalue weighted by Crippen LogP contribution is -2.08. The molecule has 0 aliphatic carbocycles. The number of benzene rings is 2. The molecule has 2 aromatic rings. The molecule has 0 fully saturated rings. The van der Waals surface area contributed by atoms with E-state index in [2.05, 4.69) is 15.9 Å². The van der Waals surface area contributed by atoms with Crippen LogP contribution in [0.5, 0.6) is 17.2 Å². The van der Waals surface area contributed by atoms with Crippen LogP contribution in [-0.4, -0.2) is 7.11 Å². The fourth-order valence-corrected chi connectivity index (χ4v) is 2.63. The molecule has 2 aromatic carbocycles. The summed E-state index contributed by atoms with van der Waals surface area (Å²) in [7, 11) is 1.61. The lowest BCUT2D eigenvalue weighted by atomic mass is 10.1. The first-order valence-electron chi connectivity index (χ1n) is 6.08. The third kappa shape index (κ3) is 3.26. The molecular formula is C15H15BrClNO2. The van der Waals surface area contributed by atoms with Crippen molar-refractivity contribution in [3.05, 3.63) is 51.5 Å². The zero-order valence-corrected chi connectivity index (χ0v) is 13.5. The third-order valence-corrected chi connectivity index (χ3v) is 3.60. The van der Waals surface area contributed by atoms with Crippen molar-refractivity contribution >= 4 is 27.5 Å². The molecule has 1 atom stereocenters. The largest absolute Gasteiger partial charge is 0.496 e. The molecule has 5 heteroatoms. The van der Waals surface area contributed by atoms with E-state index >= 15 is 0 Å². The first kappa shape index (κ1) is 15.2.